The molecule has 0 fully saturated rings. The second kappa shape index (κ2) is 9.04. The molecule has 0 aliphatic carbocycles. The number of hydrogen-bond acceptors (Lipinski definition) is 7. The fourth-order valence-electron chi connectivity index (χ4n) is 2.92. The Hall–Kier alpha value is -3.27. The minimum Gasteiger partial charge on any atom is -0.500 e. The summed E-state index contributed by atoms with van der Waals surface area (Å²) in [6.07, 6.45) is 2.59. The van der Waals surface area contributed by atoms with E-state index in [0.717, 1.165) is 17.0 Å². The van der Waals surface area contributed by atoms with E-state index in [1.54, 1.807) is 19.1 Å². The Morgan fingerprint density at radius 2 is 2.10 bits per heavy atom. The van der Waals surface area contributed by atoms with Gasteiger partial charge >= 0.3 is 5.69 Å². The third kappa shape index (κ3) is 4.33. The van der Waals surface area contributed by atoms with Crippen LogP contribution < -0.4 is 10.3 Å². The first kappa shape index (κ1) is 21.4. The van der Waals surface area contributed by atoms with Gasteiger partial charge in [0.05, 0.1) is 28.6 Å². The highest BCUT2D eigenvalue weighted by molar-refractivity contribution is 9.10. The Labute approximate surface area is 179 Å². The number of nitro groups is 1. The highest BCUT2D eigenvalue weighted by Crippen LogP contribution is 2.36. The lowest BCUT2D eigenvalue weighted by Crippen LogP contribution is -2.22. The molecule has 0 saturated heterocycles. The lowest BCUT2D eigenvalue weighted by atomic mass is 10.2. The maximum atomic E-state index is 13.0. The number of rotatable bonds is 7. The molecule has 3 rings (SSSR count). The summed E-state index contributed by atoms with van der Waals surface area (Å²) in [4.78, 5) is 28.1. The number of nitro benzene ring substituents is 1. The number of phenols is 1. The molecule has 0 spiro atoms. The zero-order valence-corrected chi connectivity index (χ0v) is 17.9. The van der Waals surface area contributed by atoms with Crippen molar-refractivity contribution >= 4 is 38.7 Å². The summed E-state index contributed by atoms with van der Waals surface area (Å²) in [5.74, 6) is -0.109. The summed E-state index contributed by atoms with van der Waals surface area (Å²) in [7, 11) is 0. The van der Waals surface area contributed by atoms with Gasteiger partial charge in [0, 0.05) is 22.5 Å². The van der Waals surface area contributed by atoms with Crippen LogP contribution in [-0.2, 0) is 6.42 Å². The third-order valence-electron chi connectivity index (χ3n) is 4.24. The Balaban J connectivity index is 2.15. The molecule has 30 heavy (non-hydrogen) atoms. The molecule has 0 bridgehead atoms. The molecule has 10 heteroatoms. The van der Waals surface area contributed by atoms with Crippen LogP contribution in [0.3, 0.4) is 0 Å². The van der Waals surface area contributed by atoms with Gasteiger partial charge in [0.15, 0.2) is 5.75 Å². The highest BCUT2D eigenvalue weighted by atomic mass is 79.9. The smallest absolute Gasteiger partial charge is 0.315 e. The van der Waals surface area contributed by atoms with E-state index in [2.05, 4.69) is 26.0 Å². The molecule has 1 N–H and O–H groups in total. The van der Waals surface area contributed by atoms with Crippen molar-refractivity contribution in [3.63, 3.8) is 0 Å². The molecular weight excluding hydrogens is 456 g/mol. The summed E-state index contributed by atoms with van der Waals surface area (Å²) in [6.45, 7) is 3.88. The molecule has 0 saturated carbocycles. The van der Waals surface area contributed by atoms with Crippen LogP contribution in [-0.4, -0.2) is 32.5 Å². The number of benzene rings is 2. The van der Waals surface area contributed by atoms with Crippen molar-refractivity contribution in [2.45, 2.75) is 26.7 Å². The summed E-state index contributed by atoms with van der Waals surface area (Å²) < 4.78 is 7.21. The van der Waals surface area contributed by atoms with Gasteiger partial charge in [-0.25, -0.2) is 4.98 Å². The summed E-state index contributed by atoms with van der Waals surface area (Å²) >= 11 is 3.35. The normalized spacial score (nSPS) is 11.3. The number of phenolic OH excluding ortho intramolecular Hbond substituents is 1. The molecule has 9 nitrogen and oxygen atoms in total. The van der Waals surface area contributed by atoms with Crippen LogP contribution in [0.5, 0.6) is 11.5 Å². The van der Waals surface area contributed by atoms with E-state index < -0.39 is 16.4 Å². The van der Waals surface area contributed by atoms with Crippen LogP contribution in [0.1, 0.15) is 31.7 Å². The van der Waals surface area contributed by atoms with Crippen LogP contribution in [0.4, 0.5) is 5.69 Å². The Morgan fingerprint density at radius 1 is 1.33 bits per heavy atom. The van der Waals surface area contributed by atoms with Crippen LogP contribution in [0.25, 0.3) is 10.9 Å². The fraction of sp³-hybridized carbons (Fsp3) is 0.250. The minimum atomic E-state index is -0.709. The molecular formula is C20H19BrN4O5. The van der Waals surface area contributed by atoms with Gasteiger partial charge in [-0.15, -0.1) is 0 Å². The molecule has 0 amide bonds. The number of aromatic nitrogens is 2. The maximum absolute atomic E-state index is 13.0. The zero-order valence-electron chi connectivity index (χ0n) is 16.3. The number of halogens is 1. The summed E-state index contributed by atoms with van der Waals surface area (Å²) in [5, 5.41) is 25.9. The average molecular weight is 475 g/mol. The number of hydrogen-bond donors (Lipinski definition) is 1. The van der Waals surface area contributed by atoms with Gasteiger partial charge in [0.2, 0.25) is 5.75 Å². The van der Waals surface area contributed by atoms with E-state index in [1.807, 2.05) is 13.0 Å². The first-order chi connectivity index (χ1) is 14.3. The largest absolute Gasteiger partial charge is 0.500 e. The Kier molecular flexibility index (Phi) is 6.46. The maximum Gasteiger partial charge on any atom is 0.315 e. The van der Waals surface area contributed by atoms with Gasteiger partial charge in [-0.2, -0.15) is 9.78 Å². The standard InChI is InChI=1S/C20H19BrN4O5/c1-3-5-18-23-15-7-6-13(21)10-14(15)20(27)24(18)22-11-12-8-16(25(28)29)19(26)17(9-12)30-4-2/h6-11,26H,3-5H2,1-2H3. The predicted molar refractivity (Wildman–Crippen MR) is 117 cm³/mol. The topological polar surface area (TPSA) is 120 Å². The Bertz CT molecular complexity index is 1210. The average Bonchev–Trinajstić information content (AvgIpc) is 2.70. The van der Waals surface area contributed by atoms with Gasteiger partial charge in [-0.05, 0) is 37.6 Å². The lowest BCUT2D eigenvalue weighted by Gasteiger charge is -2.09. The molecule has 156 valence electrons. The van der Waals surface area contributed by atoms with E-state index in [-0.39, 0.29) is 17.9 Å². The number of nitrogens with zero attached hydrogens (tertiary/aromatic N) is 4. The molecule has 0 atom stereocenters. The monoisotopic (exact) mass is 474 g/mol. The second-order valence-electron chi connectivity index (χ2n) is 6.38. The van der Waals surface area contributed by atoms with Crippen molar-refractivity contribution in [2.24, 2.45) is 5.10 Å². The number of aryl methyl sites for hydroxylation is 1. The molecule has 0 radical (unpaired) electrons. The van der Waals surface area contributed by atoms with Crippen LogP contribution >= 0.6 is 15.9 Å². The Morgan fingerprint density at radius 3 is 2.77 bits per heavy atom. The predicted octanol–water partition coefficient (Wildman–Crippen LogP) is 4.01. The molecule has 2 aromatic carbocycles. The van der Waals surface area contributed by atoms with E-state index in [9.17, 15) is 20.0 Å². The van der Waals surface area contributed by atoms with Crippen molar-refractivity contribution < 1.29 is 14.8 Å². The number of ether oxygens (including phenoxy) is 1. The molecule has 1 aromatic heterocycles. The van der Waals surface area contributed by atoms with Crippen molar-refractivity contribution in [3.8, 4) is 11.5 Å². The summed E-state index contributed by atoms with van der Waals surface area (Å²) in [5.41, 5.74) is 0.00652. The van der Waals surface area contributed by atoms with E-state index in [0.29, 0.717) is 28.7 Å². The number of aromatic hydroxyl groups is 1. The third-order valence-corrected chi connectivity index (χ3v) is 4.74. The van der Waals surface area contributed by atoms with Gasteiger partial charge in [-0.1, -0.05) is 22.9 Å². The molecule has 0 aliphatic heterocycles. The van der Waals surface area contributed by atoms with Gasteiger partial charge in [-0.3, -0.25) is 14.9 Å². The van der Waals surface area contributed by atoms with Crippen LogP contribution in [0.15, 0.2) is 44.7 Å². The van der Waals surface area contributed by atoms with Crippen molar-refractivity contribution in [2.75, 3.05) is 6.61 Å². The summed E-state index contributed by atoms with van der Waals surface area (Å²) in [6, 6.07) is 7.82. The van der Waals surface area contributed by atoms with Gasteiger partial charge in [0.1, 0.15) is 5.82 Å². The zero-order chi connectivity index (χ0) is 21.8. The van der Waals surface area contributed by atoms with E-state index in [1.165, 1.54) is 17.0 Å². The van der Waals surface area contributed by atoms with E-state index >= 15 is 0 Å². The lowest BCUT2D eigenvalue weighted by molar-refractivity contribution is -0.386. The molecule has 1 heterocycles. The molecule has 3 aromatic rings. The SMILES string of the molecule is CCCc1nc2ccc(Br)cc2c(=O)n1N=Cc1cc(OCC)c(O)c([N+](=O)[O-])c1. The minimum absolute atomic E-state index is 0.0326. The van der Waals surface area contributed by atoms with Crippen molar-refractivity contribution in [1.82, 2.24) is 9.66 Å². The number of fused-ring (bicyclic) bond motifs is 1. The van der Waals surface area contributed by atoms with E-state index in [4.69, 9.17) is 4.74 Å². The molecule has 0 unspecified atom stereocenters. The first-order valence-electron chi connectivity index (χ1n) is 9.25. The highest BCUT2D eigenvalue weighted by Gasteiger charge is 2.20. The fourth-order valence-corrected chi connectivity index (χ4v) is 3.28. The van der Waals surface area contributed by atoms with Crippen LogP contribution in [0.2, 0.25) is 0 Å². The van der Waals surface area contributed by atoms with Crippen molar-refractivity contribution in [3.05, 3.63) is 66.7 Å². The van der Waals surface area contributed by atoms with Gasteiger partial charge in [0.25, 0.3) is 5.56 Å². The van der Waals surface area contributed by atoms with Crippen LogP contribution in [0, 0.1) is 10.1 Å². The van der Waals surface area contributed by atoms with Crippen molar-refractivity contribution in [1.29, 1.82) is 0 Å². The molecule has 0 aliphatic rings. The van der Waals surface area contributed by atoms with Gasteiger partial charge < -0.3 is 9.84 Å². The first-order valence-corrected chi connectivity index (χ1v) is 10.0. The quantitative estimate of drug-likeness (QED) is 0.313. The second-order valence-corrected chi connectivity index (χ2v) is 7.29.